The number of thiophene rings is 1. The molecule has 2 N–H and O–H groups in total. The molecule has 0 aliphatic heterocycles. The van der Waals surface area contributed by atoms with Crippen molar-refractivity contribution in [1.29, 1.82) is 0 Å². The van der Waals surface area contributed by atoms with Crippen LogP contribution in [-0.2, 0) is 6.42 Å². The number of rotatable bonds is 7. The molecule has 0 saturated carbocycles. The van der Waals surface area contributed by atoms with Crippen molar-refractivity contribution < 1.29 is 9.59 Å². The molecule has 0 fully saturated rings. The molecule has 2 aromatic carbocycles. The predicted molar refractivity (Wildman–Crippen MR) is 127 cm³/mol. The third-order valence-corrected chi connectivity index (χ3v) is 6.34. The summed E-state index contributed by atoms with van der Waals surface area (Å²) in [5.41, 5.74) is 4.34. The number of benzene rings is 2. The molecule has 0 atom stereocenters. The van der Waals surface area contributed by atoms with Crippen molar-refractivity contribution in [2.75, 3.05) is 11.9 Å². The van der Waals surface area contributed by atoms with E-state index in [-0.39, 0.29) is 11.8 Å². The van der Waals surface area contributed by atoms with E-state index in [4.69, 9.17) is 0 Å². The summed E-state index contributed by atoms with van der Waals surface area (Å²) >= 11 is 3.02. The van der Waals surface area contributed by atoms with E-state index in [0.29, 0.717) is 22.7 Å². The molecule has 0 radical (unpaired) electrons. The quantitative estimate of drug-likeness (QED) is 0.398. The lowest BCUT2D eigenvalue weighted by Crippen LogP contribution is -2.25. The van der Waals surface area contributed by atoms with E-state index in [1.807, 2.05) is 18.4 Å². The highest BCUT2D eigenvalue weighted by molar-refractivity contribution is 7.12. The maximum absolute atomic E-state index is 12.5. The lowest BCUT2D eigenvalue weighted by Gasteiger charge is -2.08. The van der Waals surface area contributed by atoms with Gasteiger partial charge in [-0.3, -0.25) is 9.59 Å². The zero-order valence-corrected chi connectivity index (χ0v) is 18.6. The van der Waals surface area contributed by atoms with Gasteiger partial charge in [-0.2, -0.15) is 0 Å². The number of hydrogen-bond donors (Lipinski definition) is 2. The summed E-state index contributed by atoms with van der Waals surface area (Å²) in [6.45, 7) is 2.53. The van der Waals surface area contributed by atoms with Crippen molar-refractivity contribution in [3.63, 3.8) is 0 Å². The molecule has 2 amide bonds. The lowest BCUT2D eigenvalue weighted by atomic mass is 10.1. The highest BCUT2D eigenvalue weighted by Gasteiger charge is 2.10. The predicted octanol–water partition coefficient (Wildman–Crippen LogP) is 5.40. The molecule has 5 nitrogen and oxygen atoms in total. The number of amides is 2. The fourth-order valence-electron chi connectivity index (χ4n) is 3.10. The van der Waals surface area contributed by atoms with Gasteiger partial charge in [0.05, 0.1) is 15.6 Å². The Hall–Kier alpha value is -3.29. The second-order valence-corrected chi connectivity index (χ2v) is 8.98. The van der Waals surface area contributed by atoms with Gasteiger partial charge in [-0.15, -0.1) is 22.7 Å². The molecular formula is C24H21N3O2S2. The van der Waals surface area contributed by atoms with Crippen molar-refractivity contribution >= 4 is 40.2 Å². The van der Waals surface area contributed by atoms with Gasteiger partial charge >= 0.3 is 0 Å². The second kappa shape index (κ2) is 9.68. The van der Waals surface area contributed by atoms with E-state index >= 15 is 0 Å². The summed E-state index contributed by atoms with van der Waals surface area (Å²) in [5, 5.41) is 10.7. The maximum atomic E-state index is 12.5. The topological polar surface area (TPSA) is 71.1 Å². The highest BCUT2D eigenvalue weighted by atomic mass is 32.1. The first kappa shape index (κ1) is 21.0. The minimum atomic E-state index is -0.177. The lowest BCUT2D eigenvalue weighted by molar-refractivity contribution is 0.0952. The number of carbonyl (C=O) groups is 2. The highest BCUT2D eigenvalue weighted by Crippen LogP contribution is 2.22. The molecule has 0 spiro atoms. The Labute approximate surface area is 188 Å². The Morgan fingerprint density at radius 2 is 1.81 bits per heavy atom. The summed E-state index contributed by atoms with van der Waals surface area (Å²) in [5.74, 6) is -0.342. The van der Waals surface area contributed by atoms with Gasteiger partial charge in [0.25, 0.3) is 11.8 Å². The number of carbonyl (C=O) groups excluding carboxylic acids is 2. The van der Waals surface area contributed by atoms with Crippen LogP contribution in [0.3, 0.4) is 0 Å². The van der Waals surface area contributed by atoms with Crippen molar-refractivity contribution in [3.05, 3.63) is 92.4 Å². The fraction of sp³-hybridized carbons (Fsp3) is 0.125. The monoisotopic (exact) mass is 447 g/mol. The Bertz CT molecular complexity index is 1180. The smallest absolute Gasteiger partial charge is 0.265 e. The van der Waals surface area contributed by atoms with Crippen LogP contribution in [0.5, 0.6) is 0 Å². The SMILES string of the molecule is Cc1nc(-c2ccc(CCNC(=O)c3cccc(NC(=O)c4cccs4)c3)cc2)cs1. The molecule has 0 saturated heterocycles. The number of aromatic nitrogens is 1. The summed E-state index contributed by atoms with van der Waals surface area (Å²) < 4.78 is 0. The number of anilines is 1. The van der Waals surface area contributed by atoms with E-state index in [1.54, 1.807) is 41.7 Å². The Morgan fingerprint density at radius 3 is 2.52 bits per heavy atom. The van der Waals surface area contributed by atoms with Gasteiger partial charge in [0.1, 0.15) is 0 Å². The van der Waals surface area contributed by atoms with Gasteiger partial charge in [0.2, 0.25) is 0 Å². The van der Waals surface area contributed by atoms with Gasteiger partial charge < -0.3 is 10.6 Å². The van der Waals surface area contributed by atoms with Crippen LogP contribution in [0.15, 0.2) is 71.4 Å². The fourth-order valence-corrected chi connectivity index (χ4v) is 4.34. The van der Waals surface area contributed by atoms with Gasteiger partial charge in [-0.1, -0.05) is 36.4 Å². The van der Waals surface area contributed by atoms with Crippen LogP contribution >= 0.6 is 22.7 Å². The molecule has 7 heteroatoms. The molecule has 0 bridgehead atoms. The van der Waals surface area contributed by atoms with Gasteiger partial charge in [-0.25, -0.2) is 4.98 Å². The first-order valence-corrected chi connectivity index (χ1v) is 11.6. The molecule has 156 valence electrons. The minimum Gasteiger partial charge on any atom is -0.352 e. The third-order valence-electron chi connectivity index (χ3n) is 4.70. The Balaban J connectivity index is 1.30. The molecular weight excluding hydrogens is 426 g/mol. The van der Waals surface area contributed by atoms with Crippen LogP contribution in [0, 0.1) is 6.92 Å². The average Bonchev–Trinajstić information content (AvgIpc) is 3.46. The second-order valence-electron chi connectivity index (χ2n) is 6.97. The summed E-state index contributed by atoms with van der Waals surface area (Å²) in [6.07, 6.45) is 0.733. The standard InChI is InChI=1S/C24H21N3O2S2/c1-16-26-21(15-31-16)18-9-7-17(8-10-18)11-12-25-23(28)19-4-2-5-20(14-19)27-24(29)22-6-3-13-30-22/h2-10,13-15H,11-12H2,1H3,(H,25,28)(H,27,29). The van der Waals surface area contributed by atoms with Crippen LogP contribution in [0.2, 0.25) is 0 Å². The van der Waals surface area contributed by atoms with Crippen molar-refractivity contribution in [1.82, 2.24) is 10.3 Å². The molecule has 31 heavy (non-hydrogen) atoms. The van der Waals surface area contributed by atoms with E-state index in [9.17, 15) is 9.59 Å². The van der Waals surface area contributed by atoms with Crippen LogP contribution in [-0.4, -0.2) is 23.3 Å². The molecule has 0 aliphatic rings. The molecule has 4 rings (SSSR count). The summed E-state index contributed by atoms with van der Waals surface area (Å²) in [4.78, 5) is 29.8. The van der Waals surface area contributed by atoms with Gasteiger partial charge in [-0.05, 0) is 48.6 Å². The van der Waals surface area contributed by atoms with Crippen LogP contribution in [0.4, 0.5) is 5.69 Å². The van der Waals surface area contributed by atoms with Gasteiger partial charge in [0, 0.05) is 28.7 Å². The first-order chi connectivity index (χ1) is 15.1. The van der Waals surface area contributed by atoms with E-state index in [2.05, 4.69) is 45.3 Å². The van der Waals surface area contributed by atoms with Gasteiger partial charge in [0.15, 0.2) is 0 Å². The van der Waals surface area contributed by atoms with Crippen LogP contribution in [0.1, 0.15) is 30.6 Å². The summed E-state index contributed by atoms with van der Waals surface area (Å²) in [6, 6.07) is 18.8. The van der Waals surface area contributed by atoms with Crippen molar-refractivity contribution in [2.24, 2.45) is 0 Å². The normalized spacial score (nSPS) is 10.6. The molecule has 2 heterocycles. The van der Waals surface area contributed by atoms with Crippen LogP contribution < -0.4 is 10.6 Å². The Morgan fingerprint density at radius 1 is 0.968 bits per heavy atom. The number of nitrogens with one attached hydrogen (secondary N) is 2. The largest absolute Gasteiger partial charge is 0.352 e. The molecule has 0 aliphatic carbocycles. The van der Waals surface area contributed by atoms with Crippen LogP contribution in [0.25, 0.3) is 11.3 Å². The maximum Gasteiger partial charge on any atom is 0.265 e. The summed E-state index contributed by atoms with van der Waals surface area (Å²) in [7, 11) is 0. The van der Waals surface area contributed by atoms with E-state index in [1.165, 1.54) is 11.3 Å². The molecule has 2 aromatic heterocycles. The number of thiazole rings is 1. The zero-order valence-electron chi connectivity index (χ0n) is 16.9. The van der Waals surface area contributed by atoms with E-state index in [0.717, 1.165) is 28.2 Å². The number of nitrogens with zero attached hydrogens (tertiary/aromatic N) is 1. The number of hydrogen-bond acceptors (Lipinski definition) is 5. The molecule has 4 aromatic rings. The number of aryl methyl sites for hydroxylation is 1. The van der Waals surface area contributed by atoms with Crippen molar-refractivity contribution in [2.45, 2.75) is 13.3 Å². The first-order valence-electron chi connectivity index (χ1n) is 9.83. The average molecular weight is 448 g/mol. The minimum absolute atomic E-state index is 0.165. The molecule has 0 unspecified atom stereocenters. The van der Waals surface area contributed by atoms with Crippen molar-refractivity contribution in [3.8, 4) is 11.3 Å². The third kappa shape index (κ3) is 5.45. The Kier molecular flexibility index (Phi) is 6.54. The zero-order chi connectivity index (χ0) is 21.6. The van der Waals surface area contributed by atoms with E-state index < -0.39 is 0 Å².